The Bertz CT molecular complexity index is 622. The maximum absolute atomic E-state index is 13.0. The summed E-state index contributed by atoms with van der Waals surface area (Å²) in [4.78, 5) is 22.5. The van der Waals surface area contributed by atoms with Crippen molar-refractivity contribution in [3.63, 3.8) is 0 Å². The summed E-state index contributed by atoms with van der Waals surface area (Å²) in [5.74, 6) is -0.930. The number of aromatic nitrogens is 1. The molecule has 0 spiro atoms. The normalized spacial score (nSPS) is 9.90. The number of carbonyl (C=O) groups excluding carboxylic acids is 2. The van der Waals surface area contributed by atoms with E-state index in [1.54, 1.807) is 22.7 Å². The molecule has 2 heterocycles. The zero-order valence-electron chi connectivity index (χ0n) is 12.4. The lowest BCUT2D eigenvalue weighted by Gasteiger charge is -2.04. The van der Waals surface area contributed by atoms with Crippen LogP contribution in [0.4, 0.5) is 4.39 Å². The van der Waals surface area contributed by atoms with Crippen LogP contribution in [0.3, 0.4) is 0 Å². The highest BCUT2D eigenvalue weighted by Gasteiger charge is 2.11. The van der Waals surface area contributed by atoms with Crippen LogP contribution in [0, 0.1) is 5.82 Å². The van der Waals surface area contributed by atoms with Crippen LogP contribution >= 0.6 is 0 Å². The molecule has 0 radical (unpaired) electrons. The Morgan fingerprint density at radius 3 is 2.67 bits per heavy atom. The molecule has 114 valence electrons. The van der Waals surface area contributed by atoms with Crippen molar-refractivity contribution in [2.24, 2.45) is 0 Å². The van der Waals surface area contributed by atoms with Crippen molar-refractivity contribution in [2.45, 2.75) is 20.8 Å². The van der Waals surface area contributed by atoms with E-state index < -0.39 is 5.97 Å². The highest BCUT2D eigenvalue weighted by atomic mass is 19.1. The molecule has 0 aliphatic heterocycles. The molecule has 2 aromatic heterocycles. The number of nitrogens with one attached hydrogen (secondary N) is 1. The number of hydrogen-bond donors (Lipinski definition) is 1. The number of fused-ring (bicyclic) bond motifs is 1. The Balaban J connectivity index is 0.00000106. The van der Waals surface area contributed by atoms with E-state index in [9.17, 15) is 14.0 Å². The average molecular weight is 294 g/mol. The summed E-state index contributed by atoms with van der Waals surface area (Å²) >= 11 is 0. The smallest absolute Gasteiger partial charge is 0.303 e. The minimum absolute atomic E-state index is 0.0124. The van der Waals surface area contributed by atoms with E-state index in [4.69, 9.17) is 0 Å². The fourth-order valence-electron chi connectivity index (χ4n) is 1.73. The van der Waals surface area contributed by atoms with Gasteiger partial charge in [0.25, 0.3) is 0 Å². The van der Waals surface area contributed by atoms with Crippen molar-refractivity contribution in [1.29, 1.82) is 0 Å². The summed E-state index contributed by atoms with van der Waals surface area (Å²) in [5, 5.41) is 2.70. The summed E-state index contributed by atoms with van der Waals surface area (Å²) in [7, 11) is 0. The molecule has 0 atom stereocenters. The van der Waals surface area contributed by atoms with Gasteiger partial charge in [-0.25, -0.2) is 4.39 Å². The maximum atomic E-state index is 13.0. The Morgan fingerprint density at radius 2 is 2.00 bits per heavy atom. The fraction of sp³-hybridized carbons (Fsp3) is 0.333. The Kier molecular flexibility index (Phi) is 6.55. The fourth-order valence-corrected chi connectivity index (χ4v) is 1.73. The first-order chi connectivity index (χ1) is 10.1. The van der Waals surface area contributed by atoms with Crippen LogP contribution in [0.1, 0.15) is 31.1 Å². The molecule has 0 saturated carbocycles. The van der Waals surface area contributed by atoms with E-state index in [2.05, 4.69) is 10.1 Å². The van der Waals surface area contributed by atoms with Crippen LogP contribution in [0.5, 0.6) is 0 Å². The SMILES string of the molecule is CC.CC(=O)OCNCC(=O)c1ccn2cc(F)ccc12. The van der Waals surface area contributed by atoms with E-state index in [1.807, 2.05) is 13.8 Å². The predicted octanol–water partition coefficient (Wildman–Crippen LogP) is 2.40. The largest absolute Gasteiger partial charge is 0.450 e. The standard InChI is InChI=1S/C13H13FN2O3.C2H6/c1-9(17)19-8-15-6-13(18)11-4-5-16-7-10(14)2-3-12(11)16;1-2/h2-5,7,15H,6,8H2,1H3;1-2H3. The van der Waals surface area contributed by atoms with Crippen LogP contribution in [0.25, 0.3) is 5.52 Å². The third-order valence-corrected chi connectivity index (χ3v) is 2.58. The number of Topliss-reactive ketones (excluding diaryl/α,β-unsaturated/α-hetero) is 1. The van der Waals surface area contributed by atoms with E-state index >= 15 is 0 Å². The molecule has 6 heteroatoms. The second-order valence-electron chi connectivity index (χ2n) is 4.00. The molecule has 5 nitrogen and oxygen atoms in total. The zero-order valence-corrected chi connectivity index (χ0v) is 12.4. The lowest BCUT2D eigenvalue weighted by Crippen LogP contribution is -2.26. The Hall–Kier alpha value is -2.21. The molecule has 0 aliphatic rings. The van der Waals surface area contributed by atoms with Gasteiger partial charge in [0.05, 0.1) is 12.1 Å². The van der Waals surface area contributed by atoms with E-state index in [0.717, 1.165) is 0 Å². The molecule has 0 aliphatic carbocycles. The monoisotopic (exact) mass is 294 g/mol. The van der Waals surface area contributed by atoms with Crippen LogP contribution in [0.2, 0.25) is 0 Å². The molecule has 0 bridgehead atoms. The lowest BCUT2D eigenvalue weighted by molar-refractivity contribution is -0.141. The third-order valence-electron chi connectivity index (χ3n) is 2.58. The quantitative estimate of drug-likeness (QED) is 0.398. The van der Waals surface area contributed by atoms with Crippen molar-refractivity contribution in [2.75, 3.05) is 13.3 Å². The third kappa shape index (κ3) is 4.68. The van der Waals surface area contributed by atoms with Crippen LogP contribution in [-0.2, 0) is 9.53 Å². The first-order valence-electron chi connectivity index (χ1n) is 6.71. The first kappa shape index (κ1) is 16.8. The van der Waals surface area contributed by atoms with E-state index in [-0.39, 0.29) is 24.9 Å². The van der Waals surface area contributed by atoms with Crippen molar-refractivity contribution in [1.82, 2.24) is 9.72 Å². The molecular formula is C15H19FN2O3. The second kappa shape index (κ2) is 8.16. The van der Waals surface area contributed by atoms with Gasteiger partial charge in [-0.2, -0.15) is 0 Å². The van der Waals surface area contributed by atoms with E-state index in [0.29, 0.717) is 11.1 Å². The number of carbonyl (C=O) groups is 2. The molecule has 0 unspecified atom stereocenters. The molecule has 2 rings (SSSR count). The van der Waals surface area contributed by atoms with Crippen molar-refractivity contribution in [3.05, 3.63) is 42.0 Å². The second-order valence-corrected chi connectivity index (χ2v) is 4.00. The van der Waals surface area contributed by atoms with Gasteiger partial charge in [0, 0.05) is 24.9 Å². The van der Waals surface area contributed by atoms with Gasteiger partial charge in [-0.1, -0.05) is 13.8 Å². The minimum atomic E-state index is -0.412. The van der Waals surface area contributed by atoms with Crippen LogP contribution < -0.4 is 5.32 Å². The Labute approximate surface area is 122 Å². The zero-order chi connectivity index (χ0) is 15.8. The summed E-state index contributed by atoms with van der Waals surface area (Å²) in [6, 6.07) is 4.48. The summed E-state index contributed by atoms with van der Waals surface area (Å²) in [5.41, 5.74) is 1.14. The molecule has 0 fully saturated rings. The molecular weight excluding hydrogens is 275 g/mol. The predicted molar refractivity (Wildman–Crippen MR) is 77.7 cm³/mol. The number of pyridine rings is 1. The van der Waals surface area contributed by atoms with Crippen molar-refractivity contribution < 1.29 is 18.7 Å². The van der Waals surface area contributed by atoms with Gasteiger partial charge in [-0.05, 0) is 18.2 Å². The van der Waals surface area contributed by atoms with Gasteiger partial charge in [0.2, 0.25) is 0 Å². The molecule has 1 N–H and O–H groups in total. The van der Waals surface area contributed by atoms with Gasteiger partial charge < -0.3 is 9.14 Å². The number of rotatable bonds is 5. The number of hydrogen-bond acceptors (Lipinski definition) is 4. The summed E-state index contributed by atoms with van der Waals surface area (Å²) in [6.45, 7) is 5.32. The maximum Gasteiger partial charge on any atom is 0.303 e. The van der Waals surface area contributed by atoms with E-state index in [1.165, 1.54) is 19.2 Å². The van der Waals surface area contributed by atoms with Gasteiger partial charge in [-0.3, -0.25) is 14.9 Å². The number of ketones is 1. The highest BCUT2D eigenvalue weighted by molar-refractivity contribution is 6.03. The average Bonchev–Trinajstić information content (AvgIpc) is 2.88. The van der Waals surface area contributed by atoms with Crippen LogP contribution in [0.15, 0.2) is 30.6 Å². The molecule has 21 heavy (non-hydrogen) atoms. The topological polar surface area (TPSA) is 59.8 Å². The first-order valence-corrected chi connectivity index (χ1v) is 6.71. The molecule has 0 amide bonds. The van der Waals surface area contributed by atoms with Gasteiger partial charge in [-0.15, -0.1) is 0 Å². The number of ether oxygens (including phenoxy) is 1. The van der Waals surface area contributed by atoms with Gasteiger partial charge in [0.15, 0.2) is 5.78 Å². The summed E-state index contributed by atoms with van der Waals surface area (Å²) in [6.07, 6.45) is 2.93. The van der Waals surface area contributed by atoms with Crippen molar-refractivity contribution >= 4 is 17.3 Å². The number of esters is 1. The van der Waals surface area contributed by atoms with Crippen LogP contribution in [-0.4, -0.2) is 29.4 Å². The minimum Gasteiger partial charge on any atom is -0.450 e. The highest BCUT2D eigenvalue weighted by Crippen LogP contribution is 2.14. The van der Waals surface area contributed by atoms with Gasteiger partial charge in [0.1, 0.15) is 12.5 Å². The Morgan fingerprint density at radius 1 is 1.29 bits per heavy atom. The summed E-state index contributed by atoms with van der Waals surface area (Å²) < 4.78 is 19.2. The van der Waals surface area contributed by atoms with Crippen molar-refractivity contribution in [3.8, 4) is 0 Å². The molecule has 0 saturated heterocycles. The number of halogens is 1. The van der Waals surface area contributed by atoms with Gasteiger partial charge >= 0.3 is 5.97 Å². The molecule has 0 aromatic carbocycles. The lowest BCUT2D eigenvalue weighted by atomic mass is 10.2. The molecule has 2 aromatic rings. The number of nitrogens with zero attached hydrogens (tertiary/aromatic N) is 1.